The monoisotopic (exact) mass is 704 g/mol. The van der Waals surface area contributed by atoms with Crippen molar-refractivity contribution in [2.45, 2.75) is 0 Å². The van der Waals surface area contributed by atoms with Crippen LogP contribution in [0, 0.1) is 0 Å². The maximum absolute atomic E-state index is 10.1. The molecule has 0 fully saturated rings. The van der Waals surface area contributed by atoms with Gasteiger partial charge in [0.05, 0.1) is 32.9 Å². The van der Waals surface area contributed by atoms with Gasteiger partial charge in [-0.05, 0) is 80.1 Å². The van der Waals surface area contributed by atoms with E-state index in [2.05, 4.69) is 0 Å². The molecule has 0 unspecified atom stereocenters. The zero-order valence-corrected chi connectivity index (χ0v) is 26.8. The smallest absolute Gasteiger partial charge is 0.180 e. The van der Waals surface area contributed by atoms with Crippen LogP contribution in [0.4, 0.5) is 0 Å². The fourth-order valence-electron chi connectivity index (χ4n) is 6.09. The number of fused-ring (bicyclic) bond motifs is 9. The lowest BCUT2D eigenvalue weighted by atomic mass is 9.96. The van der Waals surface area contributed by atoms with Gasteiger partial charge < -0.3 is 4.42 Å². The first-order valence-electron chi connectivity index (χ1n) is 27.5. The second kappa shape index (κ2) is 11.5. The first-order valence-corrected chi connectivity index (χ1v) is 16.4. The highest BCUT2D eigenvalue weighted by Gasteiger charge is 2.22. The molecule has 11 rings (SSSR count). The molecule has 3 heterocycles. The Kier molecular flexibility index (Phi) is 3.13. The number of furan rings is 1. The Labute approximate surface area is 336 Å². The summed E-state index contributed by atoms with van der Waals surface area (Å²) in [5.41, 5.74) is -4.06. The van der Waals surface area contributed by atoms with Gasteiger partial charge in [0.25, 0.3) is 0 Å². The van der Waals surface area contributed by atoms with Crippen LogP contribution in [0.3, 0.4) is 0 Å². The Morgan fingerprint density at radius 3 is 2.10 bits per heavy atom. The van der Waals surface area contributed by atoms with Gasteiger partial charge in [0.1, 0.15) is 16.8 Å². The third kappa shape index (κ3) is 4.58. The van der Waals surface area contributed by atoms with Crippen molar-refractivity contribution in [3.8, 4) is 44.9 Å². The number of rotatable bonds is 4. The van der Waals surface area contributed by atoms with Gasteiger partial charge in [-0.1, -0.05) is 133 Å². The lowest BCUT2D eigenvalue weighted by molar-refractivity contribution is 0.667. The molecule has 0 bridgehead atoms. The number of hydrogen-bond acceptors (Lipinski definition) is 4. The van der Waals surface area contributed by atoms with Crippen molar-refractivity contribution in [2.24, 2.45) is 0 Å². The normalized spacial score (nSPS) is 18.3. The molecule has 0 aliphatic rings. The van der Waals surface area contributed by atoms with Crippen LogP contribution in [0.15, 0.2) is 174 Å². The number of hydrogen-bond donors (Lipinski definition) is 0. The van der Waals surface area contributed by atoms with Crippen LogP contribution in [0.5, 0.6) is 0 Å². The highest BCUT2D eigenvalue weighted by atomic mass is 32.1. The van der Waals surface area contributed by atoms with Crippen molar-refractivity contribution in [3.63, 3.8) is 0 Å². The first kappa shape index (κ1) is 14.2. The number of benzene rings is 8. The molecule has 0 aliphatic heterocycles. The summed E-state index contributed by atoms with van der Waals surface area (Å²) in [4.78, 5) is 9.65. The zero-order valence-electron chi connectivity index (χ0n) is 50.0. The van der Waals surface area contributed by atoms with Crippen molar-refractivity contribution < 1.29 is 37.3 Å². The van der Waals surface area contributed by atoms with Gasteiger partial charge in [0.2, 0.25) is 0 Å². The van der Waals surface area contributed by atoms with Crippen LogP contribution in [-0.2, 0) is 0 Å². The summed E-state index contributed by atoms with van der Waals surface area (Å²) in [5, 5.41) is -1.76. The second-order valence-electron chi connectivity index (χ2n) is 11.4. The van der Waals surface area contributed by atoms with E-state index in [-0.39, 0.29) is 53.2 Å². The van der Waals surface area contributed by atoms with Gasteiger partial charge in [-0.3, -0.25) is 0 Å². The van der Waals surface area contributed by atoms with Gasteiger partial charge in [0, 0.05) is 36.7 Å². The summed E-state index contributed by atoms with van der Waals surface area (Å²) >= 11 is 0.733. The Morgan fingerprint density at radius 1 is 0.519 bits per heavy atom. The molecule has 0 N–H and O–H groups in total. The van der Waals surface area contributed by atoms with E-state index in [9.17, 15) is 12.3 Å². The summed E-state index contributed by atoms with van der Waals surface area (Å²) in [6, 6.07) is -11.9. The molecule has 0 saturated carbocycles. The zero-order chi connectivity index (χ0) is 55.1. The van der Waals surface area contributed by atoms with Gasteiger partial charge in [-0.15, -0.1) is 11.3 Å². The van der Waals surface area contributed by atoms with E-state index in [1.807, 2.05) is 0 Å². The molecule has 0 atom stereocenters. The standard InChI is InChI=1S/C48H28N2OS/c1-2-10-29(11-3-1)35-24-25-37-36(27-35)28-40(43-39-15-7-9-17-42(39)52-47(37)43)48-49-44(46-45(50-48)38-14-6-8-16-41(38)51-46)32-21-18-31(19-22-32)34-23-20-30-12-4-5-13-33(30)26-34/h1-28H/i1D,2D,3D,4D,5D,7D,9D,10D,11D,12D,13D,15D,17D,18D,19D,20D,21D,22D,23D,24D,25D,26D,27D,28D. The van der Waals surface area contributed by atoms with E-state index in [0.717, 1.165) is 11.3 Å². The largest absolute Gasteiger partial charge is 0.452 e. The summed E-state index contributed by atoms with van der Waals surface area (Å²) in [5.74, 6) is -0.492. The van der Waals surface area contributed by atoms with Crippen LogP contribution in [0.1, 0.15) is 32.9 Å². The van der Waals surface area contributed by atoms with Crippen molar-refractivity contribution in [1.29, 1.82) is 0 Å². The molecule has 11 aromatic rings. The predicted molar refractivity (Wildman–Crippen MR) is 219 cm³/mol. The van der Waals surface area contributed by atoms with Gasteiger partial charge in [0.15, 0.2) is 11.4 Å². The van der Waals surface area contributed by atoms with Crippen LogP contribution < -0.4 is 0 Å². The predicted octanol–water partition coefficient (Wildman–Crippen LogP) is 13.7. The average molecular weight is 705 g/mol. The Balaban J connectivity index is 1.31. The Morgan fingerprint density at radius 2 is 1.21 bits per heavy atom. The Hall–Kier alpha value is -6.62. The fourth-order valence-corrected chi connectivity index (χ4v) is 7.22. The minimum absolute atomic E-state index is 0.0522. The molecule has 0 spiro atoms. The first-order chi connectivity index (χ1) is 35.8. The molecule has 8 aromatic carbocycles. The summed E-state index contributed by atoms with van der Waals surface area (Å²) < 4.78 is 220. The van der Waals surface area contributed by atoms with Crippen LogP contribution >= 0.6 is 11.3 Å². The topological polar surface area (TPSA) is 38.9 Å². The third-order valence-electron chi connectivity index (χ3n) is 8.43. The number of aromatic nitrogens is 2. The van der Waals surface area contributed by atoms with Crippen molar-refractivity contribution in [1.82, 2.24) is 9.97 Å². The minimum Gasteiger partial charge on any atom is -0.452 e. The maximum atomic E-state index is 10.1. The van der Waals surface area contributed by atoms with E-state index in [1.54, 1.807) is 24.3 Å². The molecule has 242 valence electrons. The molecular weight excluding hydrogens is 653 g/mol. The highest BCUT2D eigenvalue weighted by molar-refractivity contribution is 7.26. The maximum Gasteiger partial charge on any atom is 0.180 e. The molecule has 0 radical (unpaired) electrons. The van der Waals surface area contributed by atoms with Crippen molar-refractivity contribution in [3.05, 3.63) is 169 Å². The molecule has 0 saturated heterocycles. The lowest BCUT2D eigenvalue weighted by Gasteiger charge is -2.11. The van der Waals surface area contributed by atoms with E-state index < -0.39 is 201 Å². The minimum atomic E-state index is -0.885. The SMILES string of the molecule is [2H]c1c([2H])c([2H])c(-c2c([2H])c([2H])c3c(c2[2H])c([2H])c(-c2nc(-c4c([2H])c([2H])c(-c5c([2H])c([2H])c6c([2H])c([2H])c([2H])c([2H])c6c5[2H])c([2H])c4[2H])c4oc5ccccc5c4n2)c2c3sc3c([2H])c([2H])c([2H])c([2H])c32)c([2H])c1[2H]. The van der Waals surface area contributed by atoms with Gasteiger partial charge in [-0.25, -0.2) is 9.97 Å². The second-order valence-corrected chi connectivity index (χ2v) is 12.5. The quantitative estimate of drug-likeness (QED) is 0.183. The van der Waals surface area contributed by atoms with Gasteiger partial charge >= 0.3 is 0 Å². The number of para-hydroxylation sites is 1. The van der Waals surface area contributed by atoms with Crippen molar-refractivity contribution >= 4 is 75.1 Å². The number of nitrogens with zero attached hydrogens (tertiary/aromatic N) is 2. The fraction of sp³-hybridized carbons (Fsp3) is 0. The summed E-state index contributed by atoms with van der Waals surface area (Å²) in [6.07, 6.45) is 0. The lowest BCUT2D eigenvalue weighted by Crippen LogP contribution is -1.95. The molecule has 3 aromatic heterocycles. The molecule has 4 heteroatoms. The third-order valence-corrected chi connectivity index (χ3v) is 9.55. The summed E-state index contributed by atoms with van der Waals surface area (Å²) in [7, 11) is 0. The molecule has 0 amide bonds. The number of thiophene rings is 1. The highest BCUT2D eigenvalue weighted by Crippen LogP contribution is 2.45. The van der Waals surface area contributed by atoms with Crippen LogP contribution in [0.2, 0.25) is 0 Å². The van der Waals surface area contributed by atoms with Crippen molar-refractivity contribution in [2.75, 3.05) is 0 Å². The van der Waals surface area contributed by atoms with E-state index in [4.69, 9.17) is 34.9 Å². The molecular formula is C48H28N2OS. The molecule has 3 nitrogen and oxygen atoms in total. The van der Waals surface area contributed by atoms with Crippen LogP contribution in [0.25, 0.3) is 109 Å². The summed E-state index contributed by atoms with van der Waals surface area (Å²) in [6.45, 7) is 0. The molecule has 0 aliphatic carbocycles. The van der Waals surface area contributed by atoms with E-state index >= 15 is 0 Å². The van der Waals surface area contributed by atoms with E-state index in [1.165, 1.54) is 0 Å². The molecule has 52 heavy (non-hydrogen) atoms. The van der Waals surface area contributed by atoms with E-state index in [0.29, 0.717) is 0 Å². The average Bonchev–Trinajstić information content (AvgIpc) is 3.99. The van der Waals surface area contributed by atoms with Crippen LogP contribution in [-0.4, -0.2) is 9.97 Å². The van der Waals surface area contributed by atoms with Gasteiger partial charge in [-0.2, -0.15) is 0 Å². The Bertz CT molecular complexity index is 4530.